The minimum Gasteiger partial charge on any atom is -0.493 e. The Balaban J connectivity index is 1.76. The number of para-hydroxylation sites is 1. The summed E-state index contributed by atoms with van der Waals surface area (Å²) in [4.78, 5) is 11.8. The van der Waals surface area contributed by atoms with Crippen molar-refractivity contribution in [2.45, 2.75) is 20.8 Å². The van der Waals surface area contributed by atoms with Crippen LogP contribution in [0.25, 0.3) is 0 Å². The molecule has 1 amide bonds. The number of carbonyl (C=O) groups excluding carboxylic acids is 1. The average Bonchev–Trinajstić information content (AvgIpc) is 2.60. The Morgan fingerprint density at radius 2 is 1.84 bits per heavy atom. The van der Waals surface area contributed by atoms with E-state index in [4.69, 9.17) is 9.47 Å². The van der Waals surface area contributed by atoms with E-state index >= 15 is 0 Å². The highest BCUT2D eigenvalue weighted by atomic mass is 16.5. The Morgan fingerprint density at radius 1 is 1.12 bits per heavy atom. The van der Waals surface area contributed by atoms with Crippen molar-refractivity contribution < 1.29 is 14.3 Å². The highest BCUT2D eigenvalue weighted by molar-refractivity contribution is 5.83. The monoisotopic (exact) mass is 340 g/mol. The normalized spacial score (nSPS) is 10.9. The van der Waals surface area contributed by atoms with Crippen molar-refractivity contribution in [1.29, 1.82) is 0 Å². The van der Waals surface area contributed by atoms with Gasteiger partial charge in [0.1, 0.15) is 11.5 Å². The van der Waals surface area contributed by atoms with Gasteiger partial charge in [-0.25, -0.2) is 5.43 Å². The summed E-state index contributed by atoms with van der Waals surface area (Å²) in [6, 6.07) is 15.1. The first-order valence-electron chi connectivity index (χ1n) is 8.28. The third-order valence-electron chi connectivity index (χ3n) is 3.32. The van der Waals surface area contributed by atoms with Crippen LogP contribution in [0, 0.1) is 12.8 Å². The van der Waals surface area contributed by atoms with Crippen LogP contribution in [-0.2, 0) is 4.79 Å². The van der Waals surface area contributed by atoms with Crippen molar-refractivity contribution in [2.75, 3.05) is 13.2 Å². The molecular weight excluding hydrogens is 316 g/mol. The number of aryl methyl sites for hydroxylation is 1. The van der Waals surface area contributed by atoms with E-state index in [1.54, 1.807) is 6.21 Å². The average molecular weight is 340 g/mol. The zero-order valence-corrected chi connectivity index (χ0v) is 14.9. The van der Waals surface area contributed by atoms with E-state index in [0.29, 0.717) is 18.3 Å². The molecule has 0 aliphatic carbocycles. The van der Waals surface area contributed by atoms with Crippen molar-refractivity contribution in [3.05, 3.63) is 59.7 Å². The second-order valence-electron chi connectivity index (χ2n) is 6.12. The summed E-state index contributed by atoms with van der Waals surface area (Å²) in [5.41, 5.74) is 4.31. The van der Waals surface area contributed by atoms with Crippen LogP contribution in [0.2, 0.25) is 0 Å². The Morgan fingerprint density at radius 3 is 2.52 bits per heavy atom. The number of nitrogens with zero attached hydrogens (tertiary/aromatic N) is 1. The highest BCUT2D eigenvalue weighted by Gasteiger charge is 2.03. The number of carbonyl (C=O) groups is 1. The van der Waals surface area contributed by atoms with Crippen molar-refractivity contribution in [3.8, 4) is 11.5 Å². The summed E-state index contributed by atoms with van der Waals surface area (Å²) in [6.45, 7) is 6.74. The number of nitrogens with one attached hydrogen (secondary N) is 1. The van der Waals surface area contributed by atoms with Crippen LogP contribution < -0.4 is 14.9 Å². The number of hydrogen-bond acceptors (Lipinski definition) is 4. The van der Waals surface area contributed by atoms with Gasteiger partial charge in [-0.15, -0.1) is 0 Å². The molecule has 0 aromatic heterocycles. The van der Waals surface area contributed by atoms with Crippen molar-refractivity contribution in [1.82, 2.24) is 5.43 Å². The Kier molecular flexibility index (Phi) is 7.01. The Hall–Kier alpha value is -2.82. The lowest BCUT2D eigenvalue weighted by Gasteiger charge is -2.08. The van der Waals surface area contributed by atoms with Gasteiger partial charge in [-0.05, 0) is 54.3 Å². The SMILES string of the molecule is Cc1ccccc1OCC(=O)N/N=C\c1ccc(OCC(C)C)cc1. The summed E-state index contributed by atoms with van der Waals surface area (Å²) in [7, 11) is 0. The van der Waals surface area contributed by atoms with Crippen LogP contribution in [0.15, 0.2) is 53.6 Å². The van der Waals surface area contributed by atoms with E-state index in [-0.39, 0.29) is 12.5 Å². The van der Waals surface area contributed by atoms with Gasteiger partial charge in [-0.2, -0.15) is 5.10 Å². The standard InChI is InChI=1S/C20H24N2O3/c1-15(2)13-24-18-10-8-17(9-11-18)12-21-22-20(23)14-25-19-7-5-4-6-16(19)3/h4-12,15H,13-14H2,1-3H3,(H,22,23)/b21-12-. The maximum atomic E-state index is 11.8. The first-order valence-corrected chi connectivity index (χ1v) is 8.28. The molecule has 0 atom stereocenters. The fourth-order valence-corrected chi connectivity index (χ4v) is 1.99. The van der Waals surface area contributed by atoms with Gasteiger partial charge in [0.2, 0.25) is 0 Å². The third kappa shape index (κ3) is 6.67. The topological polar surface area (TPSA) is 59.9 Å². The quantitative estimate of drug-likeness (QED) is 0.590. The molecule has 2 rings (SSSR count). The molecular formula is C20H24N2O3. The molecule has 0 saturated carbocycles. The number of amides is 1. The molecule has 0 aliphatic heterocycles. The number of benzene rings is 2. The molecule has 0 spiro atoms. The largest absolute Gasteiger partial charge is 0.493 e. The Bertz CT molecular complexity index is 709. The van der Waals surface area contributed by atoms with Gasteiger partial charge < -0.3 is 9.47 Å². The smallest absolute Gasteiger partial charge is 0.277 e. The fourth-order valence-electron chi connectivity index (χ4n) is 1.99. The predicted molar refractivity (Wildman–Crippen MR) is 99.2 cm³/mol. The number of ether oxygens (including phenoxy) is 2. The predicted octanol–water partition coefficient (Wildman–Crippen LogP) is 3.56. The Labute approximate surface area is 148 Å². The minimum absolute atomic E-state index is 0.0792. The summed E-state index contributed by atoms with van der Waals surface area (Å²) in [5.74, 6) is 1.69. The molecule has 2 aromatic carbocycles. The zero-order chi connectivity index (χ0) is 18.1. The van der Waals surface area contributed by atoms with Crippen LogP contribution in [0.4, 0.5) is 0 Å². The zero-order valence-electron chi connectivity index (χ0n) is 14.9. The second-order valence-corrected chi connectivity index (χ2v) is 6.12. The van der Waals surface area contributed by atoms with Crippen LogP contribution in [0.1, 0.15) is 25.0 Å². The van der Waals surface area contributed by atoms with Gasteiger partial charge in [0, 0.05) is 0 Å². The third-order valence-corrected chi connectivity index (χ3v) is 3.32. The minimum atomic E-state index is -0.309. The van der Waals surface area contributed by atoms with E-state index < -0.39 is 0 Å². The molecule has 132 valence electrons. The molecule has 0 bridgehead atoms. The van der Waals surface area contributed by atoms with Gasteiger partial charge in [-0.3, -0.25) is 4.79 Å². The molecule has 5 heteroatoms. The second kappa shape index (κ2) is 9.47. The molecule has 0 heterocycles. The lowest BCUT2D eigenvalue weighted by Crippen LogP contribution is -2.24. The van der Waals surface area contributed by atoms with Gasteiger partial charge in [0.05, 0.1) is 12.8 Å². The van der Waals surface area contributed by atoms with Crippen LogP contribution >= 0.6 is 0 Å². The van der Waals surface area contributed by atoms with E-state index in [1.165, 1.54) is 0 Å². The molecule has 0 fully saturated rings. The molecule has 0 radical (unpaired) electrons. The van der Waals surface area contributed by atoms with Gasteiger partial charge >= 0.3 is 0 Å². The number of hydrazone groups is 1. The molecule has 0 saturated heterocycles. The fraction of sp³-hybridized carbons (Fsp3) is 0.300. The van der Waals surface area contributed by atoms with E-state index in [2.05, 4.69) is 24.4 Å². The number of rotatable bonds is 8. The lowest BCUT2D eigenvalue weighted by atomic mass is 10.2. The highest BCUT2D eigenvalue weighted by Crippen LogP contribution is 2.15. The summed E-state index contributed by atoms with van der Waals surface area (Å²) < 4.78 is 11.1. The van der Waals surface area contributed by atoms with Crippen LogP contribution in [-0.4, -0.2) is 25.3 Å². The molecule has 5 nitrogen and oxygen atoms in total. The van der Waals surface area contributed by atoms with E-state index in [0.717, 1.165) is 16.9 Å². The first kappa shape index (κ1) is 18.5. The first-order chi connectivity index (χ1) is 12.0. The van der Waals surface area contributed by atoms with Gasteiger partial charge in [0.15, 0.2) is 6.61 Å². The van der Waals surface area contributed by atoms with E-state index in [9.17, 15) is 4.79 Å². The molecule has 1 N–H and O–H groups in total. The number of hydrogen-bond donors (Lipinski definition) is 1. The molecule has 0 aliphatic rings. The van der Waals surface area contributed by atoms with Crippen molar-refractivity contribution in [2.24, 2.45) is 11.0 Å². The maximum absolute atomic E-state index is 11.8. The molecule has 2 aromatic rings. The summed E-state index contributed by atoms with van der Waals surface area (Å²) >= 11 is 0. The summed E-state index contributed by atoms with van der Waals surface area (Å²) in [6.07, 6.45) is 1.58. The molecule has 0 unspecified atom stereocenters. The van der Waals surface area contributed by atoms with Crippen molar-refractivity contribution >= 4 is 12.1 Å². The lowest BCUT2D eigenvalue weighted by molar-refractivity contribution is -0.123. The summed E-state index contributed by atoms with van der Waals surface area (Å²) in [5, 5.41) is 3.93. The van der Waals surface area contributed by atoms with Crippen LogP contribution in [0.3, 0.4) is 0 Å². The molecule has 25 heavy (non-hydrogen) atoms. The van der Waals surface area contributed by atoms with E-state index in [1.807, 2.05) is 55.5 Å². The van der Waals surface area contributed by atoms with Gasteiger partial charge in [0.25, 0.3) is 5.91 Å². The van der Waals surface area contributed by atoms with Crippen molar-refractivity contribution in [3.63, 3.8) is 0 Å². The van der Waals surface area contributed by atoms with Gasteiger partial charge in [-0.1, -0.05) is 32.0 Å². The van der Waals surface area contributed by atoms with Crippen LogP contribution in [0.5, 0.6) is 11.5 Å². The maximum Gasteiger partial charge on any atom is 0.277 e.